The van der Waals surface area contributed by atoms with Gasteiger partial charge in [0.05, 0.1) is 11.7 Å². The fourth-order valence-corrected chi connectivity index (χ4v) is 1.86. The van der Waals surface area contributed by atoms with Gasteiger partial charge >= 0.3 is 0 Å². The molecule has 1 heterocycles. The van der Waals surface area contributed by atoms with E-state index in [-0.39, 0.29) is 0 Å². The van der Waals surface area contributed by atoms with E-state index < -0.39 is 0 Å². The van der Waals surface area contributed by atoms with Crippen LogP contribution in [0.1, 0.15) is 24.6 Å². The minimum atomic E-state index is 0.516. The van der Waals surface area contributed by atoms with Crippen molar-refractivity contribution in [3.05, 3.63) is 11.9 Å². The number of nitrogens with zero attached hydrogens (tertiary/aromatic N) is 3. The zero-order chi connectivity index (χ0) is 9.97. The fourth-order valence-electron chi connectivity index (χ4n) is 1.86. The molecule has 0 atom stereocenters. The van der Waals surface area contributed by atoms with Crippen LogP contribution >= 0.6 is 0 Å². The quantitative estimate of drug-likeness (QED) is 0.690. The topological polar surface area (TPSA) is 82.8 Å². The summed E-state index contributed by atoms with van der Waals surface area (Å²) < 4.78 is 1.96. The molecule has 0 aliphatic heterocycles. The SMILES string of the molecule is NCCc1cn(C2CC(CN)C2)nn1. The molecule has 5 heteroatoms. The van der Waals surface area contributed by atoms with E-state index in [4.69, 9.17) is 11.5 Å². The van der Waals surface area contributed by atoms with Crippen molar-refractivity contribution < 1.29 is 0 Å². The van der Waals surface area contributed by atoms with Crippen LogP contribution in [0.25, 0.3) is 0 Å². The molecule has 14 heavy (non-hydrogen) atoms. The van der Waals surface area contributed by atoms with Crippen LogP contribution in [0.3, 0.4) is 0 Å². The van der Waals surface area contributed by atoms with Gasteiger partial charge in [-0.2, -0.15) is 0 Å². The predicted octanol–water partition coefficient (Wildman–Crippen LogP) is -0.311. The van der Waals surface area contributed by atoms with E-state index in [1.165, 1.54) is 0 Å². The Morgan fingerprint density at radius 2 is 2.21 bits per heavy atom. The van der Waals surface area contributed by atoms with Crippen molar-refractivity contribution >= 4 is 0 Å². The first-order chi connectivity index (χ1) is 6.83. The molecule has 0 radical (unpaired) electrons. The van der Waals surface area contributed by atoms with E-state index in [2.05, 4.69) is 10.3 Å². The van der Waals surface area contributed by atoms with Gasteiger partial charge in [-0.15, -0.1) is 5.10 Å². The fraction of sp³-hybridized carbons (Fsp3) is 0.778. The molecule has 5 nitrogen and oxygen atoms in total. The smallest absolute Gasteiger partial charge is 0.0839 e. The normalized spacial score (nSPS) is 26.1. The number of hydrogen-bond acceptors (Lipinski definition) is 4. The van der Waals surface area contributed by atoms with Crippen LogP contribution in [-0.4, -0.2) is 28.1 Å². The lowest BCUT2D eigenvalue weighted by Gasteiger charge is -2.33. The monoisotopic (exact) mass is 195 g/mol. The largest absolute Gasteiger partial charge is 0.330 e. The van der Waals surface area contributed by atoms with E-state index >= 15 is 0 Å². The maximum absolute atomic E-state index is 5.57. The molecule has 0 saturated heterocycles. The summed E-state index contributed by atoms with van der Waals surface area (Å²) in [5.41, 5.74) is 12.0. The van der Waals surface area contributed by atoms with Gasteiger partial charge in [0, 0.05) is 12.6 Å². The van der Waals surface area contributed by atoms with Crippen LogP contribution in [0.5, 0.6) is 0 Å². The van der Waals surface area contributed by atoms with E-state index in [1.54, 1.807) is 0 Å². The van der Waals surface area contributed by atoms with Crippen molar-refractivity contribution in [1.29, 1.82) is 0 Å². The molecular weight excluding hydrogens is 178 g/mol. The van der Waals surface area contributed by atoms with E-state index in [1.807, 2.05) is 10.9 Å². The van der Waals surface area contributed by atoms with Gasteiger partial charge in [0.2, 0.25) is 0 Å². The van der Waals surface area contributed by atoms with Gasteiger partial charge in [-0.05, 0) is 31.8 Å². The van der Waals surface area contributed by atoms with Gasteiger partial charge in [0.1, 0.15) is 0 Å². The summed E-state index contributed by atoms with van der Waals surface area (Å²) in [5.74, 6) is 0.683. The third-order valence-corrected chi connectivity index (χ3v) is 2.88. The Labute approximate surface area is 83.5 Å². The van der Waals surface area contributed by atoms with Crippen LogP contribution < -0.4 is 11.5 Å². The molecule has 1 aromatic heterocycles. The van der Waals surface area contributed by atoms with Crippen LogP contribution in [0.4, 0.5) is 0 Å². The minimum absolute atomic E-state index is 0.516. The molecule has 0 spiro atoms. The summed E-state index contributed by atoms with van der Waals surface area (Å²) in [6, 6.07) is 0.516. The Hall–Kier alpha value is -0.940. The van der Waals surface area contributed by atoms with Crippen molar-refractivity contribution in [3.8, 4) is 0 Å². The number of rotatable bonds is 4. The Bertz CT molecular complexity index is 289. The van der Waals surface area contributed by atoms with E-state index in [9.17, 15) is 0 Å². The number of nitrogens with two attached hydrogens (primary N) is 2. The maximum atomic E-state index is 5.57. The van der Waals surface area contributed by atoms with Crippen molar-refractivity contribution in [2.75, 3.05) is 13.1 Å². The lowest BCUT2D eigenvalue weighted by Crippen LogP contribution is -2.32. The van der Waals surface area contributed by atoms with Gasteiger partial charge in [-0.1, -0.05) is 5.21 Å². The summed E-state index contributed by atoms with van der Waals surface area (Å²) in [4.78, 5) is 0. The molecule has 1 saturated carbocycles. The first kappa shape index (κ1) is 9.61. The highest BCUT2D eigenvalue weighted by Crippen LogP contribution is 2.36. The van der Waals surface area contributed by atoms with Gasteiger partial charge < -0.3 is 11.5 Å². The Balaban J connectivity index is 1.91. The van der Waals surface area contributed by atoms with Crippen LogP contribution in [0.2, 0.25) is 0 Å². The third kappa shape index (κ3) is 1.78. The molecule has 1 aliphatic carbocycles. The molecule has 1 fully saturated rings. The van der Waals surface area contributed by atoms with Crippen LogP contribution in [0, 0.1) is 5.92 Å². The summed E-state index contributed by atoms with van der Waals surface area (Å²) in [6.45, 7) is 1.43. The summed E-state index contributed by atoms with van der Waals surface area (Å²) >= 11 is 0. The van der Waals surface area contributed by atoms with Gasteiger partial charge in [-0.3, -0.25) is 0 Å². The molecule has 2 rings (SSSR count). The first-order valence-electron chi connectivity index (χ1n) is 5.14. The second-order valence-corrected chi connectivity index (χ2v) is 3.96. The second-order valence-electron chi connectivity index (χ2n) is 3.96. The molecule has 1 aliphatic rings. The molecule has 0 amide bonds. The van der Waals surface area contributed by atoms with Gasteiger partial charge in [-0.25, -0.2) is 4.68 Å². The molecule has 1 aromatic rings. The lowest BCUT2D eigenvalue weighted by atomic mass is 9.80. The van der Waals surface area contributed by atoms with Crippen LogP contribution in [-0.2, 0) is 6.42 Å². The summed E-state index contributed by atoms with van der Waals surface area (Å²) in [7, 11) is 0. The Morgan fingerprint density at radius 3 is 2.86 bits per heavy atom. The first-order valence-corrected chi connectivity index (χ1v) is 5.14. The number of hydrogen-bond donors (Lipinski definition) is 2. The highest BCUT2D eigenvalue weighted by molar-refractivity contribution is 4.96. The summed E-state index contributed by atoms with van der Waals surface area (Å²) in [5, 5.41) is 8.16. The highest BCUT2D eigenvalue weighted by atomic mass is 15.4. The number of aromatic nitrogens is 3. The molecule has 4 N–H and O–H groups in total. The minimum Gasteiger partial charge on any atom is -0.330 e. The summed E-state index contributed by atoms with van der Waals surface area (Å²) in [6.07, 6.45) is 5.10. The molecule has 78 valence electrons. The van der Waals surface area contributed by atoms with Crippen molar-refractivity contribution in [3.63, 3.8) is 0 Å². The Morgan fingerprint density at radius 1 is 1.43 bits per heavy atom. The Kier molecular flexibility index (Phi) is 2.79. The second kappa shape index (κ2) is 4.06. The molecule has 0 aromatic carbocycles. The zero-order valence-corrected chi connectivity index (χ0v) is 8.26. The molecule has 0 bridgehead atoms. The van der Waals surface area contributed by atoms with E-state index in [0.29, 0.717) is 18.5 Å². The predicted molar refractivity (Wildman–Crippen MR) is 53.6 cm³/mol. The van der Waals surface area contributed by atoms with Crippen molar-refractivity contribution in [1.82, 2.24) is 15.0 Å². The average molecular weight is 195 g/mol. The third-order valence-electron chi connectivity index (χ3n) is 2.88. The van der Waals surface area contributed by atoms with E-state index in [0.717, 1.165) is 31.5 Å². The van der Waals surface area contributed by atoms with Crippen molar-refractivity contribution in [2.45, 2.75) is 25.3 Å². The van der Waals surface area contributed by atoms with Crippen molar-refractivity contribution in [2.24, 2.45) is 17.4 Å². The van der Waals surface area contributed by atoms with Crippen LogP contribution in [0.15, 0.2) is 6.20 Å². The zero-order valence-electron chi connectivity index (χ0n) is 8.26. The standard InChI is InChI=1S/C9H17N5/c10-2-1-8-6-14(13-12-8)9-3-7(4-9)5-11/h6-7,9H,1-5,10-11H2. The van der Waals surface area contributed by atoms with Gasteiger partial charge in [0.15, 0.2) is 0 Å². The highest BCUT2D eigenvalue weighted by Gasteiger charge is 2.29. The maximum Gasteiger partial charge on any atom is 0.0839 e. The molecule has 0 unspecified atom stereocenters. The lowest BCUT2D eigenvalue weighted by molar-refractivity contribution is 0.187. The average Bonchev–Trinajstić information content (AvgIpc) is 2.52. The molecular formula is C9H17N5. The van der Waals surface area contributed by atoms with Gasteiger partial charge in [0.25, 0.3) is 0 Å².